The Kier molecular flexibility index (Phi) is 6.67. The summed E-state index contributed by atoms with van der Waals surface area (Å²) in [7, 11) is -1.26. The maximum Gasteiger partial charge on any atom is 0.289 e. The number of carbonyl (C=O) groups excluding carboxylic acids is 1. The molecule has 1 amide bonds. The monoisotopic (exact) mass is 442 g/mol. The van der Waals surface area contributed by atoms with Crippen LogP contribution in [0.1, 0.15) is 21.9 Å². The number of rotatable bonds is 6. The van der Waals surface area contributed by atoms with Gasteiger partial charge in [-0.25, -0.2) is 0 Å². The molecule has 2 heterocycles. The summed E-state index contributed by atoms with van der Waals surface area (Å²) in [5, 5.41) is 0.602. The Labute approximate surface area is 183 Å². The second-order valence-electron chi connectivity index (χ2n) is 7.26. The van der Waals surface area contributed by atoms with Crippen molar-refractivity contribution in [2.45, 2.75) is 17.2 Å². The fourth-order valence-electron chi connectivity index (χ4n) is 3.48. The minimum absolute atomic E-state index is 0.113. The third-order valence-corrected chi connectivity index (χ3v) is 6.73. The van der Waals surface area contributed by atoms with Crippen molar-refractivity contribution in [1.29, 1.82) is 0 Å². The molecule has 1 saturated heterocycles. The second kappa shape index (κ2) is 9.60. The van der Waals surface area contributed by atoms with Gasteiger partial charge >= 0.3 is 0 Å². The van der Waals surface area contributed by atoms with Gasteiger partial charge in [0, 0.05) is 42.6 Å². The Bertz CT molecular complexity index is 1010. The molecule has 1 atom stereocenters. The van der Waals surface area contributed by atoms with Crippen LogP contribution in [0, 0.1) is 0 Å². The minimum atomic E-state index is -1.26. The van der Waals surface area contributed by atoms with Gasteiger partial charge in [-0.3, -0.25) is 13.9 Å². The Morgan fingerprint density at radius 2 is 1.63 bits per heavy atom. The smallest absolute Gasteiger partial charge is 0.289 e. The van der Waals surface area contributed by atoms with Gasteiger partial charge in [-0.15, -0.1) is 0 Å². The summed E-state index contributed by atoms with van der Waals surface area (Å²) >= 11 is 5.88. The summed E-state index contributed by atoms with van der Waals surface area (Å²) in [4.78, 5) is 17.6. The number of hydrogen-bond donors (Lipinski definition) is 0. The molecule has 0 saturated carbocycles. The molecule has 156 valence electrons. The molecule has 1 aliphatic heterocycles. The molecule has 1 aliphatic rings. The van der Waals surface area contributed by atoms with Crippen molar-refractivity contribution in [1.82, 2.24) is 9.80 Å². The lowest BCUT2D eigenvalue weighted by Gasteiger charge is -2.34. The van der Waals surface area contributed by atoms with E-state index in [1.165, 1.54) is 5.56 Å². The van der Waals surface area contributed by atoms with Crippen molar-refractivity contribution in [3.8, 4) is 0 Å². The van der Waals surface area contributed by atoms with Crippen molar-refractivity contribution in [3.05, 3.63) is 88.8 Å². The SMILES string of the molecule is O=C(c1ccc(CS(=O)c2ccc(Cl)cc2)o1)N1CCN(Cc2ccccc2)CC1. The van der Waals surface area contributed by atoms with Crippen LogP contribution in [0.5, 0.6) is 0 Å². The van der Waals surface area contributed by atoms with E-state index in [2.05, 4.69) is 17.0 Å². The molecule has 0 N–H and O–H groups in total. The quantitative estimate of drug-likeness (QED) is 0.574. The summed E-state index contributed by atoms with van der Waals surface area (Å²) in [5.41, 5.74) is 1.28. The number of halogens is 1. The lowest BCUT2D eigenvalue weighted by atomic mass is 10.2. The van der Waals surface area contributed by atoms with Crippen LogP contribution < -0.4 is 0 Å². The molecule has 1 fully saturated rings. The number of carbonyl (C=O) groups is 1. The number of benzene rings is 2. The van der Waals surface area contributed by atoms with Gasteiger partial charge in [0.2, 0.25) is 0 Å². The highest BCUT2D eigenvalue weighted by atomic mass is 35.5. The largest absolute Gasteiger partial charge is 0.455 e. The third-order valence-electron chi connectivity index (χ3n) is 5.13. The molecule has 1 unspecified atom stereocenters. The normalized spacial score (nSPS) is 15.8. The molecular weight excluding hydrogens is 420 g/mol. The first kappa shape index (κ1) is 20.8. The number of nitrogens with zero attached hydrogens (tertiary/aromatic N) is 2. The van der Waals surface area contributed by atoms with Crippen LogP contribution in [-0.2, 0) is 23.1 Å². The Balaban J connectivity index is 1.31. The third kappa shape index (κ3) is 5.19. The van der Waals surface area contributed by atoms with Crippen LogP contribution >= 0.6 is 11.6 Å². The van der Waals surface area contributed by atoms with Crippen LogP contribution in [0.25, 0.3) is 0 Å². The fourth-order valence-corrected chi connectivity index (χ4v) is 4.62. The van der Waals surface area contributed by atoms with E-state index >= 15 is 0 Å². The van der Waals surface area contributed by atoms with Gasteiger partial charge in [0.05, 0.1) is 16.6 Å². The maximum absolute atomic E-state index is 12.8. The van der Waals surface area contributed by atoms with Crippen LogP contribution in [0.15, 0.2) is 76.0 Å². The van der Waals surface area contributed by atoms with Crippen LogP contribution in [0.2, 0.25) is 5.02 Å². The zero-order valence-electron chi connectivity index (χ0n) is 16.5. The number of amides is 1. The van der Waals surface area contributed by atoms with Gasteiger partial charge < -0.3 is 9.32 Å². The predicted molar refractivity (Wildman–Crippen MR) is 118 cm³/mol. The van der Waals surface area contributed by atoms with E-state index in [1.54, 1.807) is 36.4 Å². The highest BCUT2D eigenvalue weighted by molar-refractivity contribution is 7.84. The molecule has 0 aliphatic carbocycles. The Morgan fingerprint density at radius 1 is 0.933 bits per heavy atom. The Hall–Kier alpha value is -2.41. The van der Waals surface area contributed by atoms with Gasteiger partial charge in [0.1, 0.15) is 5.76 Å². The number of furan rings is 1. The molecule has 5 nitrogen and oxygen atoms in total. The van der Waals surface area contributed by atoms with Gasteiger partial charge in [-0.1, -0.05) is 41.9 Å². The first-order chi connectivity index (χ1) is 14.6. The molecule has 1 aromatic heterocycles. The van der Waals surface area contributed by atoms with Gasteiger partial charge in [0.15, 0.2) is 5.76 Å². The van der Waals surface area contributed by atoms with Crippen molar-refractivity contribution in [3.63, 3.8) is 0 Å². The van der Waals surface area contributed by atoms with Crippen LogP contribution in [0.4, 0.5) is 0 Å². The molecule has 0 spiro atoms. The molecule has 30 heavy (non-hydrogen) atoms. The van der Waals surface area contributed by atoms with E-state index in [4.69, 9.17) is 16.0 Å². The molecule has 0 radical (unpaired) electrons. The van der Waals surface area contributed by atoms with Gasteiger partial charge in [0.25, 0.3) is 5.91 Å². The number of piperazine rings is 1. The number of hydrogen-bond acceptors (Lipinski definition) is 4. The van der Waals surface area contributed by atoms with E-state index in [-0.39, 0.29) is 11.7 Å². The Morgan fingerprint density at radius 3 is 2.33 bits per heavy atom. The molecular formula is C23H23ClN2O3S. The zero-order chi connectivity index (χ0) is 20.9. The average Bonchev–Trinajstić information content (AvgIpc) is 3.23. The van der Waals surface area contributed by atoms with E-state index in [0.717, 1.165) is 19.6 Å². The van der Waals surface area contributed by atoms with E-state index < -0.39 is 10.8 Å². The topological polar surface area (TPSA) is 53.8 Å². The van der Waals surface area contributed by atoms with Gasteiger partial charge in [-0.2, -0.15) is 0 Å². The van der Waals surface area contributed by atoms with Gasteiger partial charge in [-0.05, 0) is 42.0 Å². The highest BCUT2D eigenvalue weighted by Crippen LogP contribution is 2.19. The van der Waals surface area contributed by atoms with Crippen molar-refractivity contribution >= 4 is 28.3 Å². The fraction of sp³-hybridized carbons (Fsp3) is 0.261. The lowest BCUT2D eigenvalue weighted by Crippen LogP contribution is -2.48. The van der Waals surface area contributed by atoms with Crippen molar-refractivity contribution in [2.24, 2.45) is 0 Å². The lowest BCUT2D eigenvalue weighted by molar-refractivity contribution is 0.0596. The molecule has 2 aromatic carbocycles. The average molecular weight is 443 g/mol. The minimum Gasteiger partial charge on any atom is -0.455 e. The van der Waals surface area contributed by atoms with Crippen molar-refractivity contribution < 1.29 is 13.4 Å². The van der Waals surface area contributed by atoms with E-state index in [0.29, 0.717) is 34.5 Å². The summed E-state index contributed by atoms with van der Waals surface area (Å²) < 4.78 is 18.2. The first-order valence-electron chi connectivity index (χ1n) is 9.87. The zero-order valence-corrected chi connectivity index (χ0v) is 18.1. The molecule has 3 aromatic rings. The van der Waals surface area contributed by atoms with E-state index in [1.807, 2.05) is 23.1 Å². The highest BCUT2D eigenvalue weighted by Gasteiger charge is 2.24. The second-order valence-corrected chi connectivity index (χ2v) is 9.15. The summed E-state index contributed by atoms with van der Waals surface area (Å²) in [6, 6.07) is 20.7. The summed E-state index contributed by atoms with van der Waals surface area (Å²) in [5.74, 6) is 0.946. The summed E-state index contributed by atoms with van der Waals surface area (Å²) in [6.45, 7) is 3.88. The van der Waals surface area contributed by atoms with E-state index in [9.17, 15) is 9.00 Å². The van der Waals surface area contributed by atoms with Crippen molar-refractivity contribution in [2.75, 3.05) is 26.2 Å². The van der Waals surface area contributed by atoms with Crippen LogP contribution in [0.3, 0.4) is 0 Å². The maximum atomic E-state index is 12.8. The first-order valence-corrected chi connectivity index (χ1v) is 11.6. The predicted octanol–water partition coefficient (Wildman–Crippen LogP) is 4.20. The molecule has 0 bridgehead atoms. The standard InChI is InChI=1S/C23H23ClN2O3S/c24-19-6-9-21(10-7-19)30(28)17-20-8-11-22(29-20)23(27)26-14-12-25(13-15-26)16-18-4-2-1-3-5-18/h1-11H,12-17H2. The molecule has 7 heteroatoms. The molecule has 4 rings (SSSR count). The van der Waals surface area contributed by atoms with Crippen LogP contribution in [-0.4, -0.2) is 46.1 Å². The summed E-state index contributed by atoms with van der Waals surface area (Å²) in [6.07, 6.45) is 0.